The van der Waals surface area contributed by atoms with Gasteiger partial charge < -0.3 is 25.8 Å². The molecule has 0 spiro atoms. The number of β-lactam (4-membered cyclic amide) rings is 1. The molecule has 3 N–H and O–H groups in total. The van der Waals surface area contributed by atoms with E-state index in [2.05, 4.69) is 22.0 Å². The van der Waals surface area contributed by atoms with E-state index in [1.54, 1.807) is 24.7 Å². The minimum Gasteiger partial charge on any atom is -0.543 e. The zero-order chi connectivity index (χ0) is 25.1. The van der Waals surface area contributed by atoms with Crippen LogP contribution in [0.25, 0.3) is 0 Å². The Morgan fingerprint density at radius 3 is 2.77 bits per heavy atom. The summed E-state index contributed by atoms with van der Waals surface area (Å²) < 4.78 is 1.82. The first-order valence-electron chi connectivity index (χ1n) is 10.4. The third-order valence-electron chi connectivity index (χ3n) is 5.12. The van der Waals surface area contributed by atoms with E-state index < -0.39 is 29.2 Å². The molecule has 1 saturated heterocycles. The number of aliphatic carboxylic acids is 1. The number of carboxylic acids is 1. The molecule has 2 aliphatic rings. The number of carbonyl (C=O) groups excluding carboxylic acids is 3. The first-order valence-corrected chi connectivity index (χ1v) is 12.4. The number of rotatable bonds is 9. The molecule has 2 atom stereocenters. The molecule has 2 unspecified atom stereocenters. The SMILES string of the molecule is C=C(C)CO/N=C(\C(=O)NC1C(=O)N2C(C(=O)[O-])=C(C[n+]3ccccc3)CSC12)c1csc(N)n1. The lowest BCUT2D eigenvalue weighted by molar-refractivity contribution is -0.689. The third-order valence-corrected chi connectivity index (χ3v) is 7.14. The van der Waals surface area contributed by atoms with E-state index in [9.17, 15) is 19.5 Å². The average Bonchev–Trinajstić information content (AvgIpc) is 3.25. The number of nitrogen functional groups attached to an aromatic ring is 1. The van der Waals surface area contributed by atoms with Crippen molar-refractivity contribution >= 4 is 51.7 Å². The third kappa shape index (κ3) is 5.20. The molecule has 35 heavy (non-hydrogen) atoms. The lowest BCUT2D eigenvalue weighted by atomic mass is 10.0. The number of hydrogen-bond acceptors (Lipinski definition) is 10. The molecule has 0 bridgehead atoms. The van der Waals surface area contributed by atoms with Crippen LogP contribution in [0.2, 0.25) is 0 Å². The van der Waals surface area contributed by atoms with Crippen LogP contribution in [0.3, 0.4) is 0 Å². The minimum absolute atomic E-state index is 0.0903. The van der Waals surface area contributed by atoms with Crippen molar-refractivity contribution in [1.82, 2.24) is 15.2 Å². The van der Waals surface area contributed by atoms with Crippen molar-refractivity contribution in [1.29, 1.82) is 0 Å². The Morgan fingerprint density at radius 2 is 2.14 bits per heavy atom. The Kier molecular flexibility index (Phi) is 7.17. The number of pyridine rings is 1. The number of oxime groups is 1. The normalized spacial score (nSPS) is 19.6. The van der Waals surface area contributed by atoms with Gasteiger partial charge in [-0.2, -0.15) is 0 Å². The zero-order valence-electron chi connectivity index (χ0n) is 18.7. The van der Waals surface area contributed by atoms with Gasteiger partial charge in [0.1, 0.15) is 23.7 Å². The van der Waals surface area contributed by atoms with Crippen LogP contribution in [0, 0.1) is 0 Å². The van der Waals surface area contributed by atoms with E-state index in [0.717, 1.165) is 11.3 Å². The molecule has 0 aromatic carbocycles. The number of nitrogens with two attached hydrogens (primary N) is 1. The number of nitrogens with zero attached hydrogens (tertiary/aromatic N) is 4. The van der Waals surface area contributed by atoms with Gasteiger partial charge in [0.05, 0.1) is 11.7 Å². The van der Waals surface area contributed by atoms with Crippen molar-refractivity contribution in [3.8, 4) is 0 Å². The van der Waals surface area contributed by atoms with Crippen LogP contribution < -0.4 is 20.7 Å². The first kappa shape index (κ1) is 24.4. The maximum Gasteiger partial charge on any atom is 0.276 e. The number of carbonyl (C=O) groups is 3. The molecule has 13 heteroatoms. The van der Waals surface area contributed by atoms with E-state index in [-0.39, 0.29) is 28.8 Å². The standard InChI is InChI=1S/C22H22N6O5S2/c1-12(2)9-33-26-15(14-11-35-22(23)24-14)18(29)25-16-19(30)28-17(21(31)32)13(10-34-20(16)28)8-27-6-4-3-5-7-27/h3-7,11,16,20H,1,8-10H2,2H3,(H3-,23,24,25,29,31,32)/b26-15-. The monoisotopic (exact) mass is 514 g/mol. The number of amides is 2. The zero-order valence-corrected chi connectivity index (χ0v) is 20.3. The largest absolute Gasteiger partial charge is 0.543 e. The summed E-state index contributed by atoms with van der Waals surface area (Å²) in [5.41, 5.74) is 6.82. The highest BCUT2D eigenvalue weighted by Crippen LogP contribution is 2.40. The number of thioether (sulfide) groups is 1. The number of fused-ring (bicyclic) bond motifs is 1. The fourth-order valence-electron chi connectivity index (χ4n) is 3.57. The van der Waals surface area contributed by atoms with Gasteiger partial charge >= 0.3 is 0 Å². The Labute approximate surface area is 209 Å². The van der Waals surface area contributed by atoms with Crippen molar-refractivity contribution in [2.75, 3.05) is 18.1 Å². The number of nitrogens with one attached hydrogen (secondary N) is 1. The van der Waals surface area contributed by atoms with E-state index in [1.807, 2.05) is 22.8 Å². The van der Waals surface area contributed by atoms with Crippen LogP contribution in [0.15, 0.2) is 64.6 Å². The summed E-state index contributed by atoms with van der Waals surface area (Å²) in [6.07, 6.45) is 3.61. The van der Waals surface area contributed by atoms with Gasteiger partial charge in [-0.05, 0) is 12.5 Å². The summed E-state index contributed by atoms with van der Waals surface area (Å²) in [6.45, 7) is 5.84. The summed E-state index contributed by atoms with van der Waals surface area (Å²) in [5.74, 6) is -2.32. The summed E-state index contributed by atoms with van der Waals surface area (Å²) in [5, 5.41) is 19.7. The highest BCUT2D eigenvalue weighted by Gasteiger charge is 2.53. The van der Waals surface area contributed by atoms with E-state index in [4.69, 9.17) is 10.6 Å². The van der Waals surface area contributed by atoms with Crippen molar-refractivity contribution in [3.05, 3.63) is 65.1 Å². The Morgan fingerprint density at radius 1 is 1.40 bits per heavy atom. The number of aromatic nitrogens is 2. The molecule has 182 valence electrons. The first-order chi connectivity index (χ1) is 16.8. The van der Waals surface area contributed by atoms with E-state index in [0.29, 0.717) is 23.4 Å². The summed E-state index contributed by atoms with van der Waals surface area (Å²) in [6, 6.07) is 4.56. The smallest absolute Gasteiger partial charge is 0.276 e. The second-order valence-electron chi connectivity index (χ2n) is 7.89. The van der Waals surface area contributed by atoms with Crippen LogP contribution in [0.1, 0.15) is 12.6 Å². The topological polar surface area (TPSA) is 154 Å². The van der Waals surface area contributed by atoms with E-state index in [1.165, 1.54) is 16.7 Å². The van der Waals surface area contributed by atoms with Crippen molar-refractivity contribution in [2.24, 2.45) is 5.16 Å². The molecule has 4 rings (SSSR count). The van der Waals surface area contributed by atoms with Crippen molar-refractivity contribution < 1.29 is 28.9 Å². The maximum atomic E-state index is 13.0. The second-order valence-corrected chi connectivity index (χ2v) is 9.88. The molecule has 0 aliphatic carbocycles. The average molecular weight is 515 g/mol. The number of carboxylic acid groups (broad SMARTS) is 1. The molecule has 0 saturated carbocycles. The Balaban J connectivity index is 1.52. The van der Waals surface area contributed by atoms with Gasteiger partial charge in [-0.3, -0.25) is 14.5 Å². The van der Waals surface area contributed by atoms with Crippen molar-refractivity contribution in [3.63, 3.8) is 0 Å². The number of thiazole rings is 1. The summed E-state index contributed by atoms with van der Waals surface area (Å²) >= 11 is 2.49. The summed E-state index contributed by atoms with van der Waals surface area (Å²) in [7, 11) is 0. The maximum absolute atomic E-state index is 13.0. The molecule has 2 aromatic rings. The van der Waals surface area contributed by atoms with Crippen LogP contribution in [0.4, 0.5) is 5.13 Å². The molecule has 2 aromatic heterocycles. The fourth-order valence-corrected chi connectivity index (χ4v) is 5.45. The van der Waals surface area contributed by atoms with Crippen LogP contribution in [-0.4, -0.2) is 57.2 Å². The van der Waals surface area contributed by atoms with E-state index >= 15 is 0 Å². The lowest BCUT2D eigenvalue weighted by Crippen LogP contribution is -2.71. The Bertz CT molecular complexity index is 1240. The molecule has 1 fully saturated rings. The van der Waals surface area contributed by atoms with Gasteiger partial charge in [-0.1, -0.05) is 17.8 Å². The molecular formula is C22H22N6O5S2. The van der Waals surface area contributed by atoms with Crippen LogP contribution >= 0.6 is 23.1 Å². The van der Waals surface area contributed by atoms with Gasteiger partial charge in [0.2, 0.25) is 0 Å². The molecule has 11 nitrogen and oxygen atoms in total. The highest BCUT2D eigenvalue weighted by atomic mass is 32.2. The number of hydrogen-bond donors (Lipinski definition) is 2. The summed E-state index contributed by atoms with van der Waals surface area (Å²) in [4.78, 5) is 48.4. The highest BCUT2D eigenvalue weighted by molar-refractivity contribution is 8.00. The molecule has 2 amide bonds. The van der Waals surface area contributed by atoms with Crippen LogP contribution in [0.5, 0.6) is 0 Å². The lowest BCUT2D eigenvalue weighted by Gasteiger charge is -2.50. The quantitative estimate of drug-likeness (QED) is 0.148. The molecule has 0 radical (unpaired) electrons. The van der Waals surface area contributed by atoms with Crippen molar-refractivity contribution in [2.45, 2.75) is 24.9 Å². The second kappa shape index (κ2) is 10.3. The molecular weight excluding hydrogens is 492 g/mol. The Hall–Kier alpha value is -3.71. The van der Waals surface area contributed by atoms with Gasteiger partial charge in [-0.15, -0.1) is 23.1 Å². The fraction of sp³-hybridized carbons (Fsp3) is 0.273. The molecule has 2 aliphatic heterocycles. The minimum atomic E-state index is -1.44. The predicted molar refractivity (Wildman–Crippen MR) is 128 cm³/mol. The predicted octanol–water partition coefficient (Wildman–Crippen LogP) is -0.586. The number of anilines is 1. The van der Waals surface area contributed by atoms with Gasteiger partial charge in [0, 0.05) is 28.8 Å². The molecule has 4 heterocycles. The van der Waals surface area contributed by atoms with Gasteiger partial charge in [0.25, 0.3) is 11.8 Å². The van der Waals surface area contributed by atoms with Gasteiger partial charge in [-0.25, -0.2) is 9.55 Å². The van der Waals surface area contributed by atoms with Crippen LogP contribution in [-0.2, 0) is 25.8 Å². The van der Waals surface area contributed by atoms with Gasteiger partial charge in [0.15, 0.2) is 29.8 Å².